The average Bonchev–Trinajstić information content (AvgIpc) is 3.23. The minimum Gasteiger partial charge on any atom is -0.456 e. The first-order valence-corrected chi connectivity index (χ1v) is 22.2. The van der Waals surface area contributed by atoms with E-state index >= 15 is 0 Å². The van der Waals surface area contributed by atoms with Crippen LogP contribution in [0.2, 0.25) is 0 Å². The molecule has 340 valence electrons. The van der Waals surface area contributed by atoms with Gasteiger partial charge in [0.2, 0.25) is 5.79 Å². The zero-order chi connectivity index (χ0) is 44.3. The second-order valence-corrected chi connectivity index (χ2v) is 17.9. The molecule has 2 bridgehead atoms. The quantitative estimate of drug-likeness (QED) is 0.105. The largest absolute Gasteiger partial charge is 0.456 e. The number of methoxy groups -OCH3 is 3. The zero-order valence-electron chi connectivity index (χ0n) is 37.6. The van der Waals surface area contributed by atoms with Crippen molar-refractivity contribution < 1.29 is 53.4 Å². The van der Waals surface area contributed by atoms with E-state index in [0.717, 1.165) is 16.9 Å². The van der Waals surface area contributed by atoms with Crippen LogP contribution in [0.5, 0.6) is 0 Å². The van der Waals surface area contributed by atoms with Crippen molar-refractivity contribution >= 4 is 23.4 Å². The number of aliphatic hydroxyl groups is 3. The van der Waals surface area contributed by atoms with Crippen LogP contribution in [0.15, 0.2) is 41.1 Å². The summed E-state index contributed by atoms with van der Waals surface area (Å²) in [4.78, 5) is 44.3. The molecule has 3 fully saturated rings. The monoisotopic (exact) mass is 846 g/mol. The van der Waals surface area contributed by atoms with E-state index in [1.807, 2.05) is 32.9 Å². The lowest BCUT2D eigenvalue weighted by molar-refractivity contribution is -0.302. The number of carbonyl (C=O) groups is 3. The van der Waals surface area contributed by atoms with Crippen LogP contribution in [-0.2, 0) is 38.1 Å². The maximum absolute atomic E-state index is 14.5. The molecular formula is C46H75N3O11. The number of hydrazone groups is 1. The first-order valence-electron chi connectivity index (χ1n) is 22.2. The Morgan fingerprint density at radius 2 is 1.67 bits per heavy atom. The fourth-order valence-electron chi connectivity index (χ4n) is 9.75. The number of piperidine rings is 1. The number of aliphatic hydroxyl groups excluding tert-OH is 2. The second-order valence-electron chi connectivity index (χ2n) is 17.9. The Bertz CT molecular complexity index is 1550. The van der Waals surface area contributed by atoms with Crippen molar-refractivity contribution in [2.45, 2.75) is 167 Å². The third-order valence-corrected chi connectivity index (χ3v) is 13.3. The number of fused-ring (bicyclic) bond motifs is 3. The van der Waals surface area contributed by atoms with Crippen LogP contribution < -0.4 is 5.43 Å². The molecule has 4 N–H and O–H groups in total. The fraction of sp³-hybridized carbons (Fsp3) is 0.783. The Labute approximate surface area is 358 Å². The van der Waals surface area contributed by atoms with Crippen LogP contribution in [-0.4, -0.2) is 133 Å². The predicted molar refractivity (Wildman–Crippen MR) is 229 cm³/mol. The second kappa shape index (κ2) is 22.9. The number of esters is 1. The number of ether oxygens (including phenoxy) is 5. The van der Waals surface area contributed by atoms with Crippen LogP contribution in [0, 0.1) is 29.6 Å². The van der Waals surface area contributed by atoms with Gasteiger partial charge in [0, 0.05) is 64.3 Å². The minimum atomic E-state index is -2.49. The Balaban J connectivity index is 1.83. The van der Waals surface area contributed by atoms with E-state index in [0.29, 0.717) is 57.9 Å². The summed E-state index contributed by atoms with van der Waals surface area (Å²) >= 11 is 0. The summed E-state index contributed by atoms with van der Waals surface area (Å²) in [6.07, 6.45) is 6.64. The highest BCUT2D eigenvalue weighted by Crippen LogP contribution is 2.39. The number of allylic oxidation sites excluding steroid dienone is 4. The molecule has 3 heterocycles. The van der Waals surface area contributed by atoms with E-state index in [-0.39, 0.29) is 49.7 Å². The van der Waals surface area contributed by atoms with E-state index in [1.165, 1.54) is 4.90 Å². The predicted octanol–water partition coefficient (Wildman–Crippen LogP) is 5.04. The van der Waals surface area contributed by atoms with Gasteiger partial charge in [0.15, 0.2) is 0 Å². The normalized spacial score (nSPS) is 40.1. The molecule has 3 aliphatic heterocycles. The number of ketones is 1. The van der Waals surface area contributed by atoms with Gasteiger partial charge in [-0.15, -0.1) is 6.58 Å². The summed E-state index contributed by atoms with van der Waals surface area (Å²) in [7, 11) is 4.69. The van der Waals surface area contributed by atoms with Crippen molar-refractivity contribution in [3.05, 3.63) is 36.0 Å². The molecule has 0 radical (unpaired) electrons. The number of amides is 1. The number of cyclic esters (lactones) is 1. The number of nitrogens with zero attached hydrogens (tertiary/aromatic N) is 2. The molecule has 60 heavy (non-hydrogen) atoms. The van der Waals surface area contributed by atoms with Crippen LogP contribution in [0.3, 0.4) is 0 Å². The van der Waals surface area contributed by atoms with Crippen molar-refractivity contribution in [3.8, 4) is 0 Å². The molecule has 0 aromatic carbocycles. The Morgan fingerprint density at radius 1 is 0.983 bits per heavy atom. The Hall–Kier alpha value is -2.98. The summed E-state index contributed by atoms with van der Waals surface area (Å²) in [6.45, 7) is 16.2. The highest BCUT2D eigenvalue weighted by atomic mass is 16.7. The first-order chi connectivity index (χ1) is 28.5. The minimum absolute atomic E-state index is 0.0210. The summed E-state index contributed by atoms with van der Waals surface area (Å²) in [5.74, 6) is -6.91. The highest BCUT2D eigenvalue weighted by Gasteiger charge is 2.56. The molecule has 0 unspecified atom stereocenters. The number of hydrogen-bond donors (Lipinski definition) is 4. The molecule has 1 amide bonds. The number of rotatable bonds is 9. The molecule has 14 nitrogen and oxygen atoms in total. The average molecular weight is 846 g/mol. The summed E-state index contributed by atoms with van der Waals surface area (Å²) in [5.41, 5.74) is 5.65. The van der Waals surface area contributed by atoms with Gasteiger partial charge in [-0.05, 0) is 102 Å². The highest BCUT2D eigenvalue weighted by molar-refractivity contribution is 6.39. The van der Waals surface area contributed by atoms with E-state index < -0.39 is 77.9 Å². The van der Waals surface area contributed by atoms with E-state index in [2.05, 4.69) is 31.9 Å². The summed E-state index contributed by atoms with van der Waals surface area (Å²) < 4.78 is 30.1. The van der Waals surface area contributed by atoms with Gasteiger partial charge in [-0.25, -0.2) is 4.79 Å². The van der Waals surface area contributed by atoms with Crippen LogP contribution in [0.4, 0.5) is 0 Å². The zero-order valence-corrected chi connectivity index (χ0v) is 37.6. The maximum Gasteiger partial charge on any atom is 0.329 e. The molecular weight excluding hydrogens is 771 g/mol. The standard InChI is InChI=1S/C46H75N3O11/c1-11-15-33-21-27(3)20-28(4)22-39(57-9)42-40(58-10)24-30(6)46(55,60-42)43(52)44(53)49-19-14-13-16-35(49)45(54)59-41(31(7)37(51)26-34(33)48-47-12-2)29(5)23-32-17-18-36(50)38(25-32)56-8/h11,21,23,28,30-33,35-42,47,50-51,55H,1,12-20,22,24-26H2,2-10H3/b27-21+,29-23+,48-34?/t28-,30+,31+,32-,33+,35-,36+,37-,38+,39-,40-,41+,42+,46+/m0/s1. The van der Waals surface area contributed by atoms with Gasteiger partial charge in [0.05, 0.1) is 30.5 Å². The molecule has 2 saturated heterocycles. The van der Waals surface area contributed by atoms with Crippen molar-refractivity contribution in [1.29, 1.82) is 0 Å². The van der Waals surface area contributed by atoms with Gasteiger partial charge in [-0.1, -0.05) is 44.6 Å². The molecule has 4 rings (SSSR count). The number of carbonyl (C=O) groups excluding carboxylic acids is 3. The molecule has 14 heteroatoms. The van der Waals surface area contributed by atoms with Crippen LogP contribution in [0.1, 0.15) is 112 Å². The van der Waals surface area contributed by atoms with Gasteiger partial charge < -0.3 is 49.3 Å². The van der Waals surface area contributed by atoms with Crippen molar-refractivity contribution in [2.75, 3.05) is 34.4 Å². The van der Waals surface area contributed by atoms with Crippen molar-refractivity contribution in [2.24, 2.45) is 34.7 Å². The SMILES string of the molecule is C=CC[C@@H]1/C=C(\C)C[C@H](C)C[C@H](OC)[C@H]2O[C@@](O)(C(=O)C(=O)N3CCCC[C@H]3C(=O)O[C@H](/C(C)=C/[C@@H]3CC[C@@H](O)[C@H](OC)C3)[C@H](C)[C@@H](O)CC1=NNCC)[C@H](C)C[C@@H]2OC. The summed E-state index contributed by atoms with van der Waals surface area (Å²) in [6, 6.07) is -1.11. The smallest absolute Gasteiger partial charge is 0.329 e. The van der Waals surface area contributed by atoms with E-state index in [1.54, 1.807) is 28.3 Å². The molecule has 1 aliphatic carbocycles. The lowest BCUT2D eigenvalue weighted by atomic mass is 9.81. The maximum atomic E-state index is 14.5. The van der Waals surface area contributed by atoms with Gasteiger partial charge in [0.25, 0.3) is 11.7 Å². The third-order valence-electron chi connectivity index (χ3n) is 13.3. The van der Waals surface area contributed by atoms with E-state index in [9.17, 15) is 29.7 Å². The molecule has 0 aromatic heterocycles. The number of Topliss-reactive ketones (excluding diaryl/α,β-unsaturated/α-hetero) is 1. The number of hydrogen-bond acceptors (Lipinski definition) is 13. The first kappa shape index (κ1) is 49.7. The van der Waals surface area contributed by atoms with E-state index in [4.69, 9.17) is 28.8 Å². The third kappa shape index (κ3) is 12.1. The van der Waals surface area contributed by atoms with Crippen LogP contribution in [0.25, 0.3) is 0 Å². The lowest BCUT2D eigenvalue weighted by Crippen LogP contribution is -2.64. The number of nitrogens with one attached hydrogen (secondary N) is 1. The van der Waals surface area contributed by atoms with Gasteiger partial charge >= 0.3 is 5.97 Å². The van der Waals surface area contributed by atoms with Gasteiger partial charge in [-0.3, -0.25) is 9.59 Å². The molecule has 1 saturated carbocycles. The molecule has 0 spiro atoms. The molecule has 4 aliphatic rings. The van der Waals surface area contributed by atoms with Gasteiger partial charge in [-0.2, -0.15) is 5.10 Å². The topological polar surface area (TPSA) is 186 Å². The fourth-order valence-corrected chi connectivity index (χ4v) is 9.75. The summed E-state index contributed by atoms with van der Waals surface area (Å²) in [5, 5.41) is 39.5. The van der Waals surface area contributed by atoms with Crippen molar-refractivity contribution in [3.63, 3.8) is 0 Å². The Kier molecular flexibility index (Phi) is 19.0. The molecule has 14 atom stereocenters. The molecule has 0 aromatic rings. The van der Waals surface area contributed by atoms with Crippen LogP contribution >= 0.6 is 0 Å². The van der Waals surface area contributed by atoms with Gasteiger partial charge in [0.1, 0.15) is 18.2 Å². The lowest BCUT2D eigenvalue weighted by Gasteiger charge is -2.47. The Morgan fingerprint density at radius 3 is 2.32 bits per heavy atom. The van der Waals surface area contributed by atoms with Crippen molar-refractivity contribution in [1.82, 2.24) is 10.3 Å².